The summed E-state index contributed by atoms with van der Waals surface area (Å²) in [6.07, 6.45) is 2.65. The molecule has 2 aliphatic carbocycles. The smallest absolute Gasteiger partial charge is 0.319 e. The first kappa shape index (κ1) is 12.7. The van der Waals surface area contributed by atoms with Gasteiger partial charge in [-0.15, -0.1) is 0 Å². The standard InChI is InChI=1S/C13H17IO4/c1-2-10(14)13(16)18-11-6-3-7-8(4-6)12(15)17-5-9(7)11/h6-11H,2-5H2,1H3. The Labute approximate surface area is 120 Å². The molecule has 0 N–H and O–H groups in total. The minimum atomic E-state index is -0.107. The molecule has 1 saturated heterocycles. The normalized spacial score (nSPS) is 42.6. The third-order valence-corrected chi connectivity index (χ3v) is 6.06. The second kappa shape index (κ2) is 4.65. The molecule has 100 valence electrons. The van der Waals surface area contributed by atoms with Crippen LogP contribution >= 0.6 is 22.6 Å². The van der Waals surface area contributed by atoms with Crippen LogP contribution in [-0.2, 0) is 19.1 Å². The zero-order valence-electron chi connectivity index (χ0n) is 10.3. The number of hydrogen-bond acceptors (Lipinski definition) is 4. The lowest BCUT2D eigenvalue weighted by Gasteiger charge is -2.38. The van der Waals surface area contributed by atoms with E-state index in [0.29, 0.717) is 18.4 Å². The molecule has 6 unspecified atom stereocenters. The van der Waals surface area contributed by atoms with Crippen LogP contribution in [-0.4, -0.2) is 28.6 Å². The predicted molar refractivity (Wildman–Crippen MR) is 72.1 cm³/mol. The average Bonchev–Trinajstić information content (AvgIpc) is 2.93. The lowest BCUT2D eigenvalue weighted by Crippen LogP contribution is -2.46. The number of esters is 2. The van der Waals surface area contributed by atoms with Gasteiger partial charge in [-0.1, -0.05) is 29.5 Å². The molecular formula is C13H17IO4. The maximum absolute atomic E-state index is 11.9. The van der Waals surface area contributed by atoms with Gasteiger partial charge in [0, 0.05) is 5.92 Å². The van der Waals surface area contributed by atoms with E-state index < -0.39 is 0 Å². The van der Waals surface area contributed by atoms with Gasteiger partial charge in [-0.2, -0.15) is 0 Å². The molecule has 6 atom stereocenters. The molecule has 0 amide bonds. The summed E-state index contributed by atoms with van der Waals surface area (Å²) in [4.78, 5) is 23.5. The number of alkyl halides is 1. The molecule has 0 aromatic rings. The summed E-state index contributed by atoms with van der Waals surface area (Å²) in [6.45, 7) is 2.42. The van der Waals surface area contributed by atoms with E-state index in [1.807, 2.05) is 6.92 Å². The van der Waals surface area contributed by atoms with Gasteiger partial charge in [0.15, 0.2) is 0 Å². The number of ether oxygens (including phenoxy) is 2. The van der Waals surface area contributed by atoms with E-state index in [9.17, 15) is 9.59 Å². The van der Waals surface area contributed by atoms with Crippen molar-refractivity contribution in [2.24, 2.45) is 23.7 Å². The molecule has 4 nitrogen and oxygen atoms in total. The van der Waals surface area contributed by atoms with Crippen LogP contribution in [0.3, 0.4) is 0 Å². The van der Waals surface area contributed by atoms with E-state index in [2.05, 4.69) is 22.6 Å². The maximum atomic E-state index is 11.9. The van der Waals surface area contributed by atoms with E-state index in [1.165, 1.54) is 0 Å². The molecule has 18 heavy (non-hydrogen) atoms. The van der Waals surface area contributed by atoms with Gasteiger partial charge in [-0.3, -0.25) is 9.59 Å². The fraction of sp³-hybridized carbons (Fsp3) is 0.846. The first-order valence-corrected chi connectivity index (χ1v) is 7.87. The van der Waals surface area contributed by atoms with E-state index in [-0.39, 0.29) is 33.8 Å². The van der Waals surface area contributed by atoms with Gasteiger partial charge < -0.3 is 9.47 Å². The zero-order chi connectivity index (χ0) is 12.9. The van der Waals surface area contributed by atoms with Crippen molar-refractivity contribution >= 4 is 34.5 Å². The molecule has 3 rings (SSSR count). The highest BCUT2D eigenvalue weighted by molar-refractivity contribution is 14.1. The Bertz CT molecular complexity index is 383. The number of rotatable bonds is 3. The third kappa shape index (κ3) is 1.85. The fourth-order valence-electron chi connectivity index (χ4n) is 3.78. The first-order chi connectivity index (χ1) is 8.61. The number of carbonyl (C=O) groups is 2. The van der Waals surface area contributed by atoms with Gasteiger partial charge in [-0.05, 0) is 31.1 Å². The van der Waals surface area contributed by atoms with Crippen LogP contribution in [0, 0.1) is 23.7 Å². The van der Waals surface area contributed by atoms with Crippen LogP contribution in [0.15, 0.2) is 0 Å². The molecule has 0 aromatic heterocycles. The number of fused-ring (bicyclic) bond motifs is 1. The van der Waals surface area contributed by atoms with Crippen molar-refractivity contribution in [3.8, 4) is 0 Å². The highest BCUT2D eigenvalue weighted by atomic mass is 127. The van der Waals surface area contributed by atoms with Crippen molar-refractivity contribution in [3.63, 3.8) is 0 Å². The summed E-state index contributed by atoms with van der Waals surface area (Å²) in [6, 6.07) is 0. The predicted octanol–water partition coefficient (Wildman–Crippen LogP) is 1.94. The highest BCUT2D eigenvalue weighted by Gasteiger charge is 2.59. The Kier molecular flexibility index (Phi) is 3.28. The van der Waals surface area contributed by atoms with Crippen molar-refractivity contribution in [2.75, 3.05) is 6.61 Å². The highest BCUT2D eigenvalue weighted by Crippen LogP contribution is 2.55. The molecule has 0 aromatic carbocycles. The summed E-state index contributed by atoms with van der Waals surface area (Å²) < 4.78 is 10.8. The Hall–Kier alpha value is -0.330. The SMILES string of the molecule is CCC(I)C(=O)OC1C2CC3C(=O)OCC1C3C2. The summed E-state index contributed by atoms with van der Waals surface area (Å²) in [5, 5.41) is 0. The summed E-state index contributed by atoms with van der Waals surface area (Å²) >= 11 is 2.13. The van der Waals surface area contributed by atoms with Gasteiger partial charge in [0.25, 0.3) is 0 Å². The fourth-order valence-corrected chi connectivity index (χ4v) is 3.93. The van der Waals surface area contributed by atoms with Crippen molar-refractivity contribution in [2.45, 2.75) is 36.2 Å². The Morgan fingerprint density at radius 2 is 2.28 bits per heavy atom. The lowest BCUT2D eigenvalue weighted by molar-refractivity contribution is -0.174. The second-order valence-corrected chi connectivity index (χ2v) is 7.08. The largest absolute Gasteiger partial charge is 0.465 e. The number of hydrogen-bond donors (Lipinski definition) is 0. The number of cyclic esters (lactones) is 1. The molecule has 2 saturated carbocycles. The summed E-state index contributed by atoms with van der Waals surface area (Å²) in [7, 11) is 0. The topological polar surface area (TPSA) is 52.6 Å². The van der Waals surface area contributed by atoms with Crippen molar-refractivity contribution < 1.29 is 19.1 Å². The monoisotopic (exact) mass is 364 g/mol. The van der Waals surface area contributed by atoms with Crippen LogP contribution in [0.5, 0.6) is 0 Å². The molecule has 2 bridgehead atoms. The molecular weight excluding hydrogens is 347 g/mol. The Morgan fingerprint density at radius 3 is 3.00 bits per heavy atom. The van der Waals surface area contributed by atoms with E-state index >= 15 is 0 Å². The van der Waals surface area contributed by atoms with Crippen LogP contribution in [0.25, 0.3) is 0 Å². The molecule has 5 heteroatoms. The molecule has 0 spiro atoms. The zero-order valence-corrected chi connectivity index (χ0v) is 12.5. The number of carbonyl (C=O) groups excluding carboxylic acids is 2. The Balaban J connectivity index is 1.69. The minimum absolute atomic E-state index is 0.0179. The van der Waals surface area contributed by atoms with Crippen LogP contribution in [0.2, 0.25) is 0 Å². The molecule has 3 aliphatic rings. The van der Waals surface area contributed by atoms with Crippen molar-refractivity contribution in [3.05, 3.63) is 0 Å². The van der Waals surface area contributed by atoms with E-state index in [4.69, 9.17) is 9.47 Å². The van der Waals surface area contributed by atoms with Gasteiger partial charge >= 0.3 is 11.9 Å². The van der Waals surface area contributed by atoms with Crippen LogP contribution < -0.4 is 0 Å². The molecule has 1 aliphatic heterocycles. The van der Waals surface area contributed by atoms with Crippen molar-refractivity contribution in [1.82, 2.24) is 0 Å². The van der Waals surface area contributed by atoms with Gasteiger partial charge in [0.1, 0.15) is 10.0 Å². The molecule has 1 heterocycles. The summed E-state index contributed by atoms with van der Waals surface area (Å²) in [5.41, 5.74) is 0. The Morgan fingerprint density at radius 1 is 1.50 bits per heavy atom. The minimum Gasteiger partial charge on any atom is -0.465 e. The van der Waals surface area contributed by atoms with Gasteiger partial charge in [0.05, 0.1) is 12.5 Å². The maximum Gasteiger partial charge on any atom is 0.319 e. The quantitative estimate of drug-likeness (QED) is 0.436. The van der Waals surface area contributed by atoms with E-state index in [1.54, 1.807) is 0 Å². The van der Waals surface area contributed by atoms with E-state index in [0.717, 1.165) is 19.3 Å². The third-order valence-electron chi connectivity index (χ3n) is 4.67. The lowest BCUT2D eigenvalue weighted by atomic mass is 9.77. The van der Waals surface area contributed by atoms with Gasteiger partial charge in [-0.25, -0.2) is 0 Å². The number of halogens is 1. The van der Waals surface area contributed by atoms with Crippen molar-refractivity contribution in [1.29, 1.82) is 0 Å². The average molecular weight is 364 g/mol. The summed E-state index contributed by atoms with van der Waals surface area (Å²) in [5.74, 6) is 0.944. The van der Waals surface area contributed by atoms with Crippen LogP contribution in [0.1, 0.15) is 26.2 Å². The molecule has 0 radical (unpaired) electrons. The first-order valence-electron chi connectivity index (χ1n) is 6.63. The van der Waals surface area contributed by atoms with Crippen LogP contribution in [0.4, 0.5) is 0 Å². The van der Waals surface area contributed by atoms with Gasteiger partial charge in [0.2, 0.25) is 0 Å². The molecule has 3 fully saturated rings. The second-order valence-electron chi connectivity index (χ2n) is 5.57.